The molecule has 1 nitrogen and oxygen atoms in total. The first-order valence-electron chi connectivity index (χ1n) is 1.73. The molecule has 0 aliphatic heterocycles. The summed E-state index contributed by atoms with van der Waals surface area (Å²) in [7, 11) is 0. The van der Waals surface area contributed by atoms with Crippen molar-refractivity contribution in [1.29, 1.82) is 0 Å². The molecule has 0 saturated carbocycles. The smallest absolute Gasteiger partial charge is 0.433 e. The van der Waals surface area contributed by atoms with E-state index in [0.29, 0.717) is 0 Å². The summed E-state index contributed by atoms with van der Waals surface area (Å²) in [6, 6.07) is 0. The molecule has 0 amide bonds. The molecule has 0 aromatic rings. The van der Waals surface area contributed by atoms with Crippen LogP contribution in [0.4, 0.5) is 8.78 Å². The van der Waals surface area contributed by atoms with Crippen LogP contribution in [0, 0.1) is 6.61 Å². The molecular weight excluding hydrogens is 102 g/mol. The minimum atomic E-state index is -2.03. The Kier molecular flexibility index (Phi) is 3.28. The standard InChI is InChI=1S/C4H5F2O/c1-2-3-7-4(5)6/h2-3H,1H3/b3-2-. The molecule has 0 N–H and O–H groups in total. The lowest BCUT2D eigenvalue weighted by Crippen LogP contribution is -1.77. The van der Waals surface area contributed by atoms with Gasteiger partial charge in [0.2, 0.25) is 0 Å². The second-order valence-corrected chi connectivity index (χ2v) is 0.813. The molecule has 0 rings (SSSR count). The van der Waals surface area contributed by atoms with Gasteiger partial charge in [-0.25, -0.2) is 0 Å². The number of rotatable bonds is 2. The maximum atomic E-state index is 10.9. The number of ether oxygens (including phenoxy) is 1. The molecule has 3 heteroatoms. The van der Waals surface area contributed by atoms with Crippen molar-refractivity contribution in [3.63, 3.8) is 0 Å². The van der Waals surface area contributed by atoms with Crippen molar-refractivity contribution in [2.24, 2.45) is 0 Å². The van der Waals surface area contributed by atoms with E-state index < -0.39 is 6.61 Å². The van der Waals surface area contributed by atoms with Crippen LogP contribution in [0.1, 0.15) is 6.92 Å². The van der Waals surface area contributed by atoms with Crippen LogP contribution < -0.4 is 0 Å². The topological polar surface area (TPSA) is 9.23 Å². The van der Waals surface area contributed by atoms with Crippen molar-refractivity contribution < 1.29 is 13.5 Å². The summed E-state index contributed by atoms with van der Waals surface area (Å²) in [5, 5.41) is 0. The quantitative estimate of drug-likeness (QED) is 0.490. The third-order valence-corrected chi connectivity index (χ3v) is 0.293. The third kappa shape index (κ3) is 5.40. The summed E-state index contributed by atoms with van der Waals surface area (Å²) in [5.41, 5.74) is 0. The zero-order chi connectivity index (χ0) is 5.70. The maximum Gasteiger partial charge on any atom is 0.507 e. The summed E-state index contributed by atoms with van der Waals surface area (Å²) in [5.74, 6) is 0. The number of hydrogen-bond donors (Lipinski definition) is 0. The van der Waals surface area contributed by atoms with Crippen LogP contribution >= 0.6 is 0 Å². The predicted octanol–water partition coefficient (Wildman–Crippen LogP) is 1.92. The van der Waals surface area contributed by atoms with Crippen molar-refractivity contribution in [3.8, 4) is 0 Å². The van der Waals surface area contributed by atoms with Gasteiger partial charge in [-0.1, -0.05) is 6.08 Å². The first-order valence-corrected chi connectivity index (χ1v) is 1.73. The fraction of sp³-hybridized carbons (Fsp3) is 0.250. The highest BCUT2D eigenvalue weighted by atomic mass is 19.3. The van der Waals surface area contributed by atoms with Crippen molar-refractivity contribution in [1.82, 2.24) is 0 Å². The highest BCUT2D eigenvalue weighted by molar-refractivity contribution is 4.66. The lowest BCUT2D eigenvalue weighted by molar-refractivity contribution is 0.0380. The first-order chi connectivity index (χ1) is 3.27. The van der Waals surface area contributed by atoms with Crippen LogP contribution in [0.2, 0.25) is 0 Å². The molecule has 0 aromatic carbocycles. The van der Waals surface area contributed by atoms with E-state index in [-0.39, 0.29) is 0 Å². The lowest BCUT2D eigenvalue weighted by atomic mass is 10.7. The lowest BCUT2D eigenvalue weighted by Gasteiger charge is -1.88. The van der Waals surface area contributed by atoms with Gasteiger partial charge in [0.25, 0.3) is 0 Å². The second kappa shape index (κ2) is 3.59. The van der Waals surface area contributed by atoms with Crippen LogP contribution in [0.5, 0.6) is 0 Å². The Morgan fingerprint density at radius 3 is 2.29 bits per heavy atom. The van der Waals surface area contributed by atoms with Crippen molar-refractivity contribution in [2.45, 2.75) is 6.92 Å². The van der Waals surface area contributed by atoms with Gasteiger partial charge in [0.15, 0.2) is 0 Å². The largest absolute Gasteiger partial charge is 0.507 e. The van der Waals surface area contributed by atoms with E-state index in [1.807, 2.05) is 0 Å². The minimum absolute atomic E-state index is 0.912. The zero-order valence-corrected chi connectivity index (χ0v) is 3.82. The molecule has 0 atom stereocenters. The van der Waals surface area contributed by atoms with Gasteiger partial charge in [0.1, 0.15) is 0 Å². The Morgan fingerprint density at radius 2 is 2.14 bits per heavy atom. The molecule has 0 aliphatic carbocycles. The van der Waals surface area contributed by atoms with Crippen LogP contribution in [0.3, 0.4) is 0 Å². The molecule has 0 heterocycles. The van der Waals surface area contributed by atoms with E-state index in [9.17, 15) is 8.78 Å². The molecule has 0 bridgehead atoms. The van der Waals surface area contributed by atoms with Gasteiger partial charge in [-0.15, -0.1) is 0 Å². The Labute approximate surface area is 40.6 Å². The summed E-state index contributed by atoms with van der Waals surface area (Å²) < 4.78 is 25.3. The molecule has 0 spiro atoms. The molecule has 7 heavy (non-hydrogen) atoms. The molecule has 0 aromatic heterocycles. The van der Waals surface area contributed by atoms with Crippen molar-refractivity contribution in [2.75, 3.05) is 0 Å². The van der Waals surface area contributed by atoms with Gasteiger partial charge in [-0.3, -0.25) is 0 Å². The van der Waals surface area contributed by atoms with Crippen molar-refractivity contribution >= 4 is 0 Å². The second-order valence-electron chi connectivity index (χ2n) is 0.813. The van der Waals surface area contributed by atoms with E-state index >= 15 is 0 Å². The molecule has 0 saturated heterocycles. The molecule has 1 radical (unpaired) electrons. The van der Waals surface area contributed by atoms with Crippen LogP contribution in [-0.2, 0) is 4.74 Å². The van der Waals surface area contributed by atoms with Gasteiger partial charge >= 0.3 is 6.61 Å². The van der Waals surface area contributed by atoms with Crippen LogP contribution in [0.25, 0.3) is 0 Å². The van der Waals surface area contributed by atoms with Gasteiger partial charge < -0.3 is 4.74 Å². The average Bonchev–Trinajstić information content (AvgIpc) is 1.61. The Morgan fingerprint density at radius 1 is 1.57 bits per heavy atom. The molecule has 0 unspecified atom stereocenters. The van der Waals surface area contributed by atoms with Crippen molar-refractivity contribution in [3.05, 3.63) is 18.9 Å². The molecule has 41 valence electrons. The van der Waals surface area contributed by atoms with Gasteiger partial charge in [0, 0.05) is 0 Å². The fourth-order valence-electron chi connectivity index (χ4n) is 0.119. The Bertz CT molecular complexity index is 60.7. The number of halogens is 2. The average molecular weight is 107 g/mol. The third-order valence-electron chi connectivity index (χ3n) is 0.293. The molecular formula is C4H5F2O. The predicted molar refractivity (Wildman–Crippen MR) is 21.4 cm³/mol. The van der Waals surface area contributed by atoms with E-state index in [1.54, 1.807) is 6.92 Å². The summed E-state index contributed by atoms with van der Waals surface area (Å²) in [6.45, 7) is -0.443. The summed E-state index contributed by atoms with van der Waals surface area (Å²) in [4.78, 5) is 0. The normalized spacial score (nSPS) is 10.9. The maximum absolute atomic E-state index is 10.9. The SMILES string of the molecule is C/C=C\O[C](F)F. The van der Waals surface area contributed by atoms with E-state index in [4.69, 9.17) is 0 Å². The van der Waals surface area contributed by atoms with E-state index in [1.165, 1.54) is 6.08 Å². The highest BCUT2D eigenvalue weighted by Gasteiger charge is 2.00. The van der Waals surface area contributed by atoms with Gasteiger partial charge in [0.05, 0.1) is 6.26 Å². The van der Waals surface area contributed by atoms with Crippen LogP contribution in [-0.4, -0.2) is 0 Å². The van der Waals surface area contributed by atoms with Crippen LogP contribution in [0.15, 0.2) is 12.3 Å². The minimum Gasteiger partial charge on any atom is -0.433 e. The highest BCUT2D eigenvalue weighted by Crippen LogP contribution is 2.03. The molecule has 0 fully saturated rings. The summed E-state index contributed by atoms with van der Waals surface area (Å²) >= 11 is 0. The Hall–Kier alpha value is -0.600. The van der Waals surface area contributed by atoms with Gasteiger partial charge in [-0.05, 0) is 6.92 Å². The van der Waals surface area contributed by atoms with E-state index in [0.717, 1.165) is 6.26 Å². The first kappa shape index (κ1) is 6.40. The molecule has 0 aliphatic rings. The number of hydrogen-bond acceptors (Lipinski definition) is 1. The van der Waals surface area contributed by atoms with E-state index in [2.05, 4.69) is 4.74 Å². The monoisotopic (exact) mass is 107 g/mol. The Balaban J connectivity index is 2.97. The fourth-order valence-corrected chi connectivity index (χ4v) is 0.119. The summed E-state index contributed by atoms with van der Waals surface area (Å²) in [6.07, 6.45) is 2.29. The number of allylic oxidation sites excluding steroid dienone is 1. The van der Waals surface area contributed by atoms with Gasteiger partial charge in [-0.2, -0.15) is 8.78 Å². The zero-order valence-electron chi connectivity index (χ0n) is 3.82.